The van der Waals surface area contributed by atoms with Crippen molar-refractivity contribution in [3.05, 3.63) is 0 Å². The molecule has 0 aromatic rings. The molecule has 0 fully saturated rings. The van der Waals surface area contributed by atoms with Crippen LogP contribution in [-0.2, 0) is 9.63 Å². The van der Waals surface area contributed by atoms with E-state index in [1.54, 1.807) is 0 Å². The van der Waals surface area contributed by atoms with Crippen LogP contribution in [0.25, 0.3) is 0 Å². The van der Waals surface area contributed by atoms with Crippen molar-refractivity contribution in [2.45, 2.75) is 13.0 Å². The number of hydroxylamine groups is 2. The maximum atomic E-state index is 10.3. The summed E-state index contributed by atoms with van der Waals surface area (Å²) in [5.41, 5.74) is 0. The molecule has 0 aromatic heterocycles. The Balaban J connectivity index is 2.29. The van der Waals surface area contributed by atoms with Gasteiger partial charge >= 0.3 is 5.97 Å². The van der Waals surface area contributed by atoms with Gasteiger partial charge in [0.25, 0.3) is 0 Å². The van der Waals surface area contributed by atoms with E-state index >= 15 is 0 Å². The fourth-order valence-corrected chi connectivity index (χ4v) is 0.691. The van der Waals surface area contributed by atoms with Crippen molar-refractivity contribution in [1.29, 1.82) is 0 Å². The molecular weight excluding hydrogens is 148 g/mol. The predicted octanol–water partition coefficient (Wildman–Crippen LogP) is -0.265. The molecular formula is C6H10N2O3. The minimum absolute atomic E-state index is 0.637. The number of hydrogen-bond acceptors (Lipinski definition) is 4. The lowest BCUT2D eigenvalue weighted by Crippen LogP contribution is -2.30. The van der Waals surface area contributed by atoms with E-state index in [1.807, 2.05) is 0 Å². The van der Waals surface area contributed by atoms with Crippen LogP contribution < -0.4 is 0 Å². The molecule has 1 aliphatic rings. The van der Waals surface area contributed by atoms with E-state index in [0.29, 0.717) is 13.1 Å². The molecule has 11 heavy (non-hydrogen) atoms. The first kappa shape index (κ1) is 8.00. The lowest BCUT2D eigenvalue weighted by atomic mass is 10.4. The van der Waals surface area contributed by atoms with Crippen LogP contribution in [0.1, 0.15) is 6.92 Å². The quantitative estimate of drug-likeness (QED) is 0.614. The lowest BCUT2D eigenvalue weighted by molar-refractivity contribution is -0.174. The number of aliphatic carboxylic acids is 1. The largest absolute Gasteiger partial charge is 0.479 e. The fraction of sp³-hybridized carbons (Fsp3) is 0.667. The van der Waals surface area contributed by atoms with Crippen LogP contribution in [0.3, 0.4) is 0 Å². The number of aliphatic imine (C=N–C) groups is 1. The van der Waals surface area contributed by atoms with Crippen LogP contribution >= 0.6 is 0 Å². The van der Waals surface area contributed by atoms with Crippen molar-refractivity contribution in [3.63, 3.8) is 0 Å². The lowest BCUT2D eigenvalue weighted by Gasteiger charge is -2.16. The van der Waals surface area contributed by atoms with Crippen molar-refractivity contribution >= 4 is 12.3 Å². The van der Waals surface area contributed by atoms with Gasteiger partial charge in [-0.05, 0) is 6.92 Å². The van der Waals surface area contributed by atoms with Gasteiger partial charge in [0.1, 0.15) is 6.34 Å². The Morgan fingerprint density at radius 1 is 1.91 bits per heavy atom. The zero-order valence-electron chi connectivity index (χ0n) is 6.23. The highest BCUT2D eigenvalue weighted by atomic mass is 16.7. The van der Waals surface area contributed by atoms with Gasteiger partial charge in [0.15, 0.2) is 6.10 Å². The summed E-state index contributed by atoms with van der Waals surface area (Å²) in [7, 11) is 0. The Kier molecular flexibility index (Phi) is 2.43. The van der Waals surface area contributed by atoms with Crippen molar-refractivity contribution in [3.8, 4) is 0 Å². The first-order valence-corrected chi connectivity index (χ1v) is 3.36. The molecule has 0 bridgehead atoms. The van der Waals surface area contributed by atoms with E-state index in [1.165, 1.54) is 18.3 Å². The molecule has 1 atom stereocenters. The van der Waals surface area contributed by atoms with Gasteiger partial charge < -0.3 is 5.11 Å². The number of nitrogens with zero attached hydrogens (tertiary/aromatic N) is 2. The third kappa shape index (κ3) is 2.19. The predicted molar refractivity (Wildman–Crippen MR) is 38.2 cm³/mol. The Labute approximate surface area is 64.2 Å². The molecule has 1 aliphatic heterocycles. The molecule has 62 valence electrons. The van der Waals surface area contributed by atoms with Gasteiger partial charge in [-0.1, -0.05) is 0 Å². The van der Waals surface area contributed by atoms with Gasteiger partial charge in [-0.2, -0.15) is 0 Å². The van der Waals surface area contributed by atoms with Gasteiger partial charge in [-0.25, -0.2) is 9.86 Å². The minimum Gasteiger partial charge on any atom is -0.479 e. The SMILES string of the molecule is CC(ON1C=NCC1)C(=O)O. The second-order valence-electron chi connectivity index (χ2n) is 2.25. The van der Waals surface area contributed by atoms with Gasteiger partial charge in [-0.3, -0.25) is 9.83 Å². The standard InChI is InChI=1S/C6H10N2O3/c1-5(6(9)10)11-8-3-2-7-4-8/h4-5H,2-3H2,1H3,(H,9,10). The second kappa shape index (κ2) is 3.34. The van der Waals surface area contributed by atoms with E-state index < -0.39 is 12.1 Å². The molecule has 0 aromatic carbocycles. The molecule has 0 saturated carbocycles. The van der Waals surface area contributed by atoms with Crippen molar-refractivity contribution < 1.29 is 14.7 Å². The number of rotatable bonds is 3. The first-order chi connectivity index (χ1) is 5.20. The van der Waals surface area contributed by atoms with E-state index in [4.69, 9.17) is 9.94 Å². The van der Waals surface area contributed by atoms with E-state index in [2.05, 4.69) is 4.99 Å². The summed E-state index contributed by atoms with van der Waals surface area (Å²) in [5, 5.41) is 9.88. The third-order valence-electron chi connectivity index (χ3n) is 1.30. The molecule has 0 aliphatic carbocycles. The molecule has 0 radical (unpaired) electrons. The Bertz CT molecular complexity index is 181. The van der Waals surface area contributed by atoms with Crippen molar-refractivity contribution in [2.24, 2.45) is 4.99 Å². The smallest absolute Gasteiger partial charge is 0.335 e. The van der Waals surface area contributed by atoms with Crippen molar-refractivity contribution in [2.75, 3.05) is 13.1 Å². The van der Waals surface area contributed by atoms with Crippen LogP contribution in [-0.4, -0.2) is 41.7 Å². The third-order valence-corrected chi connectivity index (χ3v) is 1.30. The highest BCUT2D eigenvalue weighted by molar-refractivity contribution is 5.71. The van der Waals surface area contributed by atoms with Crippen molar-refractivity contribution in [1.82, 2.24) is 5.06 Å². The van der Waals surface area contributed by atoms with Gasteiger partial charge in [0, 0.05) is 0 Å². The number of hydrogen-bond donors (Lipinski definition) is 1. The van der Waals surface area contributed by atoms with Gasteiger partial charge in [-0.15, -0.1) is 0 Å². The molecule has 1 N–H and O–H groups in total. The molecule has 0 spiro atoms. The average Bonchev–Trinajstić information content (AvgIpc) is 2.39. The number of carbonyl (C=O) groups is 1. The maximum Gasteiger partial charge on any atom is 0.335 e. The molecule has 5 heteroatoms. The molecule has 0 saturated heterocycles. The van der Waals surface area contributed by atoms with E-state index in [0.717, 1.165) is 0 Å². The molecule has 1 rings (SSSR count). The molecule has 1 unspecified atom stereocenters. The van der Waals surface area contributed by atoms with E-state index in [-0.39, 0.29) is 0 Å². The summed E-state index contributed by atoms with van der Waals surface area (Å²) >= 11 is 0. The number of carboxylic acids is 1. The maximum absolute atomic E-state index is 10.3. The normalized spacial score (nSPS) is 18.8. The summed E-state index contributed by atoms with van der Waals surface area (Å²) in [5.74, 6) is -0.967. The zero-order chi connectivity index (χ0) is 8.27. The first-order valence-electron chi connectivity index (χ1n) is 3.36. The minimum atomic E-state index is -0.967. The Morgan fingerprint density at radius 2 is 2.64 bits per heavy atom. The van der Waals surface area contributed by atoms with Crippen LogP contribution in [0.2, 0.25) is 0 Å². The summed E-state index contributed by atoms with van der Waals surface area (Å²) in [6.07, 6.45) is 0.693. The van der Waals surface area contributed by atoms with Crippen LogP contribution in [0.4, 0.5) is 0 Å². The Morgan fingerprint density at radius 3 is 3.09 bits per heavy atom. The highest BCUT2D eigenvalue weighted by Crippen LogP contribution is 1.99. The van der Waals surface area contributed by atoms with Gasteiger partial charge in [0.2, 0.25) is 0 Å². The second-order valence-corrected chi connectivity index (χ2v) is 2.25. The molecule has 5 nitrogen and oxygen atoms in total. The monoisotopic (exact) mass is 158 g/mol. The summed E-state index contributed by atoms with van der Waals surface area (Å²) in [6.45, 7) is 2.79. The zero-order valence-corrected chi connectivity index (χ0v) is 6.23. The summed E-state index contributed by atoms with van der Waals surface area (Å²) in [4.78, 5) is 19.1. The average molecular weight is 158 g/mol. The molecule has 0 amide bonds. The fourth-order valence-electron chi connectivity index (χ4n) is 0.691. The summed E-state index contributed by atoms with van der Waals surface area (Å²) < 4.78 is 0. The van der Waals surface area contributed by atoms with Crippen LogP contribution in [0.5, 0.6) is 0 Å². The topological polar surface area (TPSA) is 62.1 Å². The van der Waals surface area contributed by atoms with Crippen LogP contribution in [0.15, 0.2) is 4.99 Å². The number of carboxylic acid groups (broad SMARTS) is 1. The van der Waals surface area contributed by atoms with Crippen LogP contribution in [0, 0.1) is 0 Å². The molecule has 1 heterocycles. The highest BCUT2D eigenvalue weighted by Gasteiger charge is 2.16. The summed E-state index contributed by atoms with van der Waals surface area (Å²) in [6, 6.07) is 0. The van der Waals surface area contributed by atoms with Gasteiger partial charge in [0.05, 0.1) is 13.1 Å². The van der Waals surface area contributed by atoms with E-state index in [9.17, 15) is 4.79 Å². The Hall–Kier alpha value is -1.10.